The molecule has 0 saturated heterocycles. The summed E-state index contributed by atoms with van der Waals surface area (Å²) in [5.41, 5.74) is 0.808. The van der Waals surface area contributed by atoms with Gasteiger partial charge in [-0.2, -0.15) is 0 Å². The number of fused-ring (bicyclic) bond motifs is 1. The molecule has 7 heteroatoms. The summed E-state index contributed by atoms with van der Waals surface area (Å²) in [5, 5.41) is 6.17. The van der Waals surface area contributed by atoms with Crippen LogP contribution in [0.15, 0.2) is 0 Å². The molecule has 2 N–H and O–H groups in total. The molecule has 19 heavy (non-hydrogen) atoms. The van der Waals surface area contributed by atoms with E-state index in [0.29, 0.717) is 11.7 Å². The number of aromatic nitrogens is 1. The summed E-state index contributed by atoms with van der Waals surface area (Å²) >= 11 is 1.50. The average molecular weight is 283 g/mol. The SMILES string of the molecule is CCOC(=O)C1CCc2sc(NCC(=O)NC)nc21. The van der Waals surface area contributed by atoms with Crippen LogP contribution in [0.25, 0.3) is 0 Å². The van der Waals surface area contributed by atoms with Crippen LogP contribution in [0.2, 0.25) is 0 Å². The molecule has 1 aliphatic carbocycles. The van der Waals surface area contributed by atoms with Crippen molar-refractivity contribution in [2.75, 3.05) is 25.5 Å². The highest BCUT2D eigenvalue weighted by molar-refractivity contribution is 7.15. The summed E-state index contributed by atoms with van der Waals surface area (Å²) in [7, 11) is 1.59. The van der Waals surface area contributed by atoms with Crippen LogP contribution in [-0.2, 0) is 20.7 Å². The first kappa shape index (κ1) is 13.8. The Balaban J connectivity index is 2.03. The summed E-state index contributed by atoms with van der Waals surface area (Å²) in [4.78, 5) is 28.5. The number of rotatable bonds is 5. The number of esters is 1. The number of ether oxygens (including phenoxy) is 1. The molecule has 2 rings (SSSR count). The molecule has 1 unspecified atom stereocenters. The van der Waals surface area contributed by atoms with E-state index in [1.54, 1.807) is 14.0 Å². The minimum atomic E-state index is -0.248. The van der Waals surface area contributed by atoms with Gasteiger partial charge >= 0.3 is 5.97 Å². The maximum atomic E-state index is 11.8. The molecule has 1 aromatic rings. The number of carbonyl (C=O) groups is 2. The Hall–Kier alpha value is -1.63. The molecule has 0 bridgehead atoms. The molecular formula is C12H17N3O3S. The van der Waals surface area contributed by atoms with E-state index >= 15 is 0 Å². The van der Waals surface area contributed by atoms with Crippen LogP contribution in [0.5, 0.6) is 0 Å². The molecule has 1 aromatic heterocycles. The molecule has 104 valence electrons. The van der Waals surface area contributed by atoms with E-state index in [1.165, 1.54) is 11.3 Å². The number of likely N-dealkylation sites (N-methyl/N-ethyl adjacent to an activating group) is 1. The third-order valence-electron chi connectivity index (χ3n) is 2.97. The van der Waals surface area contributed by atoms with Gasteiger partial charge in [-0.05, 0) is 19.8 Å². The highest BCUT2D eigenvalue weighted by Crippen LogP contribution is 2.38. The van der Waals surface area contributed by atoms with Gasteiger partial charge in [0.15, 0.2) is 5.13 Å². The molecule has 1 amide bonds. The monoisotopic (exact) mass is 283 g/mol. The lowest BCUT2D eigenvalue weighted by Gasteiger charge is -2.08. The van der Waals surface area contributed by atoms with Crippen molar-refractivity contribution in [3.05, 3.63) is 10.6 Å². The normalized spacial score (nSPS) is 16.8. The second kappa shape index (κ2) is 6.01. The summed E-state index contributed by atoms with van der Waals surface area (Å²) in [6, 6.07) is 0. The molecule has 0 radical (unpaired) electrons. The van der Waals surface area contributed by atoms with Crippen LogP contribution in [0.3, 0.4) is 0 Å². The van der Waals surface area contributed by atoms with E-state index in [9.17, 15) is 9.59 Å². The summed E-state index contributed by atoms with van der Waals surface area (Å²) in [6.45, 7) is 2.37. The van der Waals surface area contributed by atoms with Crippen molar-refractivity contribution < 1.29 is 14.3 Å². The highest BCUT2D eigenvalue weighted by Gasteiger charge is 2.33. The smallest absolute Gasteiger partial charge is 0.315 e. The minimum Gasteiger partial charge on any atom is -0.465 e. The van der Waals surface area contributed by atoms with Crippen molar-refractivity contribution in [1.29, 1.82) is 0 Å². The van der Waals surface area contributed by atoms with Gasteiger partial charge in [-0.25, -0.2) is 4.98 Å². The van der Waals surface area contributed by atoms with Crippen LogP contribution in [-0.4, -0.2) is 37.1 Å². The quantitative estimate of drug-likeness (QED) is 0.785. The molecule has 6 nitrogen and oxygen atoms in total. The van der Waals surface area contributed by atoms with Crippen molar-refractivity contribution in [3.8, 4) is 0 Å². The van der Waals surface area contributed by atoms with Crippen molar-refractivity contribution in [1.82, 2.24) is 10.3 Å². The molecule has 1 atom stereocenters. The Bertz CT molecular complexity index is 487. The summed E-state index contributed by atoms with van der Waals surface area (Å²) in [6.07, 6.45) is 1.61. The van der Waals surface area contributed by atoms with Gasteiger partial charge in [0.1, 0.15) is 5.92 Å². The highest BCUT2D eigenvalue weighted by atomic mass is 32.1. The van der Waals surface area contributed by atoms with Gasteiger partial charge in [-0.15, -0.1) is 11.3 Å². The maximum absolute atomic E-state index is 11.8. The van der Waals surface area contributed by atoms with E-state index in [2.05, 4.69) is 15.6 Å². The van der Waals surface area contributed by atoms with Crippen LogP contribution in [0, 0.1) is 0 Å². The Morgan fingerprint density at radius 3 is 3.00 bits per heavy atom. The second-order valence-corrected chi connectivity index (χ2v) is 5.28. The first-order chi connectivity index (χ1) is 9.15. The Kier molecular flexibility index (Phi) is 4.36. The third kappa shape index (κ3) is 3.04. The predicted octanol–water partition coefficient (Wildman–Crippen LogP) is 0.894. The molecule has 1 heterocycles. The van der Waals surface area contributed by atoms with Gasteiger partial charge in [-0.1, -0.05) is 0 Å². The molecular weight excluding hydrogens is 266 g/mol. The number of nitrogens with one attached hydrogen (secondary N) is 2. The molecule has 0 fully saturated rings. The lowest BCUT2D eigenvalue weighted by molar-refractivity contribution is -0.145. The lowest BCUT2D eigenvalue weighted by Crippen LogP contribution is -2.26. The number of nitrogens with zero attached hydrogens (tertiary/aromatic N) is 1. The fourth-order valence-electron chi connectivity index (χ4n) is 2.02. The standard InChI is InChI=1S/C12H17N3O3S/c1-3-18-11(17)7-4-5-8-10(7)15-12(19-8)14-6-9(16)13-2/h7H,3-6H2,1-2H3,(H,13,16)(H,14,15). The Labute approximate surface area is 115 Å². The predicted molar refractivity (Wildman–Crippen MR) is 72.4 cm³/mol. The summed E-state index contributed by atoms with van der Waals surface area (Å²) < 4.78 is 5.05. The number of thiazole rings is 1. The van der Waals surface area contributed by atoms with Gasteiger partial charge in [-0.3, -0.25) is 9.59 Å². The molecule has 0 aliphatic heterocycles. The Morgan fingerprint density at radius 2 is 2.32 bits per heavy atom. The minimum absolute atomic E-state index is 0.0997. The van der Waals surface area contributed by atoms with Crippen molar-refractivity contribution >= 4 is 28.3 Å². The fraction of sp³-hybridized carbons (Fsp3) is 0.583. The number of hydrogen-bond donors (Lipinski definition) is 2. The zero-order valence-electron chi connectivity index (χ0n) is 11.0. The van der Waals surface area contributed by atoms with Gasteiger partial charge in [0.05, 0.1) is 18.8 Å². The van der Waals surface area contributed by atoms with Crippen molar-refractivity contribution in [2.24, 2.45) is 0 Å². The van der Waals surface area contributed by atoms with Gasteiger partial charge in [0, 0.05) is 11.9 Å². The zero-order chi connectivity index (χ0) is 13.8. The first-order valence-corrected chi connectivity index (χ1v) is 7.08. The van der Waals surface area contributed by atoms with Crippen LogP contribution >= 0.6 is 11.3 Å². The largest absolute Gasteiger partial charge is 0.465 e. The van der Waals surface area contributed by atoms with Crippen LogP contribution in [0.4, 0.5) is 5.13 Å². The first-order valence-electron chi connectivity index (χ1n) is 6.26. The van der Waals surface area contributed by atoms with Crippen molar-refractivity contribution in [2.45, 2.75) is 25.7 Å². The fourth-order valence-corrected chi connectivity index (χ4v) is 3.05. The molecule has 0 spiro atoms. The van der Waals surface area contributed by atoms with E-state index < -0.39 is 0 Å². The molecule has 0 aromatic carbocycles. The van der Waals surface area contributed by atoms with E-state index in [4.69, 9.17) is 4.74 Å². The zero-order valence-corrected chi connectivity index (χ0v) is 11.8. The number of hydrogen-bond acceptors (Lipinski definition) is 6. The number of carbonyl (C=O) groups excluding carboxylic acids is 2. The Morgan fingerprint density at radius 1 is 1.53 bits per heavy atom. The third-order valence-corrected chi connectivity index (χ3v) is 4.06. The van der Waals surface area contributed by atoms with Crippen LogP contribution in [0.1, 0.15) is 29.8 Å². The van der Waals surface area contributed by atoms with Gasteiger partial charge in [0.2, 0.25) is 5.91 Å². The summed E-state index contributed by atoms with van der Waals surface area (Å²) in [5.74, 6) is -0.552. The van der Waals surface area contributed by atoms with E-state index in [0.717, 1.165) is 23.4 Å². The van der Waals surface area contributed by atoms with Gasteiger partial charge in [0.25, 0.3) is 0 Å². The van der Waals surface area contributed by atoms with Crippen LogP contribution < -0.4 is 10.6 Å². The van der Waals surface area contributed by atoms with E-state index in [-0.39, 0.29) is 24.3 Å². The number of amides is 1. The average Bonchev–Trinajstić information content (AvgIpc) is 2.95. The molecule has 1 aliphatic rings. The molecule has 0 saturated carbocycles. The van der Waals surface area contributed by atoms with E-state index in [1.807, 2.05) is 0 Å². The maximum Gasteiger partial charge on any atom is 0.315 e. The lowest BCUT2D eigenvalue weighted by atomic mass is 10.1. The topological polar surface area (TPSA) is 80.3 Å². The van der Waals surface area contributed by atoms with Crippen molar-refractivity contribution in [3.63, 3.8) is 0 Å². The van der Waals surface area contributed by atoms with Gasteiger partial charge < -0.3 is 15.4 Å². The number of anilines is 1. The second-order valence-electron chi connectivity index (χ2n) is 4.20. The number of aryl methyl sites for hydroxylation is 1.